The Bertz CT molecular complexity index is 408. The van der Waals surface area contributed by atoms with Crippen LogP contribution in [0.5, 0.6) is 0 Å². The summed E-state index contributed by atoms with van der Waals surface area (Å²) in [6.45, 7) is 4.45. The van der Waals surface area contributed by atoms with Crippen LogP contribution in [0.3, 0.4) is 0 Å². The maximum absolute atomic E-state index is 13.2. The Morgan fingerprint density at radius 3 is 3.00 bits per heavy atom. The minimum atomic E-state index is -0.362. The van der Waals surface area contributed by atoms with Gasteiger partial charge < -0.3 is 10.6 Å². The van der Waals surface area contributed by atoms with Gasteiger partial charge in [-0.1, -0.05) is 0 Å². The van der Waals surface area contributed by atoms with E-state index in [1.54, 1.807) is 13.0 Å². The van der Waals surface area contributed by atoms with E-state index in [-0.39, 0.29) is 11.7 Å². The lowest BCUT2D eigenvalue weighted by molar-refractivity contribution is 0.0944. The summed E-state index contributed by atoms with van der Waals surface area (Å²) < 4.78 is 13.2. The van der Waals surface area contributed by atoms with Gasteiger partial charge in [0.05, 0.1) is 0 Å². The van der Waals surface area contributed by atoms with Crippen molar-refractivity contribution in [3.63, 3.8) is 0 Å². The molecule has 0 saturated carbocycles. The number of hydrogen-bond donors (Lipinski definition) is 2. The number of carbonyl (C=O) groups is 1. The van der Waals surface area contributed by atoms with Crippen LogP contribution in [-0.2, 0) is 0 Å². The van der Waals surface area contributed by atoms with Crippen molar-refractivity contribution in [2.75, 3.05) is 19.6 Å². The van der Waals surface area contributed by atoms with E-state index in [1.807, 2.05) is 0 Å². The molecule has 3 nitrogen and oxygen atoms in total. The van der Waals surface area contributed by atoms with Crippen LogP contribution in [0.4, 0.5) is 4.39 Å². The van der Waals surface area contributed by atoms with E-state index >= 15 is 0 Å². The molecule has 4 heteroatoms. The summed E-state index contributed by atoms with van der Waals surface area (Å²) in [6.07, 6.45) is 2.29. The summed E-state index contributed by atoms with van der Waals surface area (Å²) in [4.78, 5) is 11.9. The molecule has 2 N–H and O–H groups in total. The molecule has 18 heavy (non-hydrogen) atoms. The van der Waals surface area contributed by atoms with Gasteiger partial charge in [0.25, 0.3) is 5.91 Å². The molecule has 1 atom stereocenters. The third-order valence-electron chi connectivity index (χ3n) is 3.25. The lowest BCUT2D eigenvalue weighted by Crippen LogP contribution is -2.38. The number of halogens is 1. The maximum Gasteiger partial charge on any atom is 0.251 e. The molecule has 1 heterocycles. The van der Waals surface area contributed by atoms with Crippen LogP contribution in [0.1, 0.15) is 28.8 Å². The molecule has 0 unspecified atom stereocenters. The number of piperidine rings is 1. The van der Waals surface area contributed by atoms with Crippen molar-refractivity contribution >= 4 is 5.91 Å². The zero-order valence-corrected chi connectivity index (χ0v) is 10.6. The normalized spacial score (nSPS) is 19.6. The van der Waals surface area contributed by atoms with Gasteiger partial charge in [-0.25, -0.2) is 4.39 Å². The number of rotatable bonds is 3. The van der Waals surface area contributed by atoms with Crippen LogP contribution in [0.15, 0.2) is 18.2 Å². The highest BCUT2D eigenvalue weighted by Gasteiger charge is 2.14. The second-order valence-corrected chi connectivity index (χ2v) is 4.94. The molecule has 1 aliphatic rings. The number of nitrogens with one attached hydrogen (secondary N) is 2. The first-order chi connectivity index (χ1) is 8.65. The van der Waals surface area contributed by atoms with Gasteiger partial charge >= 0.3 is 0 Å². The van der Waals surface area contributed by atoms with Crippen molar-refractivity contribution in [2.24, 2.45) is 5.92 Å². The molecule has 1 amide bonds. The monoisotopic (exact) mass is 250 g/mol. The van der Waals surface area contributed by atoms with E-state index in [1.165, 1.54) is 12.1 Å². The van der Waals surface area contributed by atoms with Gasteiger partial charge in [-0.05, 0) is 62.5 Å². The number of carbonyl (C=O) groups excluding carboxylic acids is 1. The highest BCUT2D eigenvalue weighted by molar-refractivity contribution is 5.94. The topological polar surface area (TPSA) is 41.1 Å². The third kappa shape index (κ3) is 3.53. The van der Waals surface area contributed by atoms with Crippen molar-refractivity contribution < 1.29 is 9.18 Å². The van der Waals surface area contributed by atoms with Crippen molar-refractivity contribution in [3.05, 3.63) is 35.1 Å². The number of hydrogen-bond acceptors (Lipinski definition) is 2. The number of amides is 1. The van der Waals surface area contributed by atoms with Crippen LogP contribution in [-0.4, -0.2) is 25.5 Å². The van der Waals surface area contributed by atoms with Gasteiger partial charge in [0, 0.05) is 12.1 Å². The Labute approximate surface area is 107 Å². The third-order valence-corrected chi connectivity index (χ3v) is 3.25. The molecular weight excluding hydrogens is 231 g/mol. The van der Waals surface area contributed by atoms with E-state index in [2.05, 4.69) is 10.6 Å². The molecule has 0 aliphatic carbocycles. The lowest BCUT2D eigenvalue weighted by atomic mass is 9.99. The average molecular weight is 250 g/mol. The van der Waals surface area contributed by atoms with Crippen molar-refractivity contribution in [3.8, 4) is 0 Å². The molecule has 1 aromatic rings. The molecule has 1 aliphatic heterocycles. The summed E-state index contributed by atoms with van der Waals surface area (Å²) in [6, 6.07) is 4.40. The second-order valence-electron chi connectivity index (χ2n) is 4.94. The predicted octanol–water partition coefficient (Wildman–Crippen LogP) is 1.86. The fourth-order valence-corrected chi connectivity index (χ4v) is 2.30. The lowest BCUT2D eigenvalue weighted by Gasteiger charge is -2.22. The van der Waals surface area contributed by atoms with E-state index in [0.29, 0.717) is 18.0 Å². The maximum atomic E-state index is 13.2. The minimum Gasteiger partial charge on any atom is -0.352 e. The van der Waals surface area contributed by atoms with Crippen LogP contribution < -0.4 is 10.6 Å². The zero-order valence-electron chi connectivity index (χ0n) is 10.6. The Kier molecular flexibility index (Phi) is 4.31. The molecule has 0 aromatic heterocycles. The van der Waals surface area contributed by atoms with Crippen LogP contribution >= 0.6 is 0 Å². The first-order valence-electron chi connectivity index (χ1n) is 6.41. The average Bonchev–Trinajstić information content (AvgIpc) is 2.36. The van der Waals surface area contributed by atoms with Gasteiger partial charge in [-0.3, -0.25) is 4.79 Å². The fourth-order valence-electron chi connectivity index (χ4n) is 2.30. The van der Waals surface area contributed by atoms with E-state index in [0.717, 1.165) is 31.5 Å². The SMILES string of the molecule is Cc1cc(F)cc(C(=O)NC[C@H]2CCCNC2)c1. The van der Waals surface area contributed by atoms with Gasteiger partial charge in [0.2, 0.25) is 0 Å². The van der Waals surface area contributed by atoms with Crippen LogP contribution in [0.25, 0.3) is 0 Å². The Balaban J connectivity index is 1.90. The summed E-state index contributed by atoms with van der Waals surface area (Å²) >= 11 is 0. The molecule has 1 fully saturated rings. The Morgan fingerprint density at radius 2 is 2.33 bits per heavy atom. The molecule has 1 aromatic carbocycles. The smallest absolute Gasteiger partial charge is 0.251 e. The Hall–Kier alpha value is -1.42. The molecule has 2 rings (SSSR count). The molecule has 0 radical (unpaired) electrons. The van der Waals surface area contributed by atoms with Crippen molar-refractivity contribution in [2.45, 2.75) is 19.8 Å². The number of aryl methyl sites for hydroxylation is 1. The predicted molar refractivity (Wildman–Crippen MR) is 69.1 cm³/mol. The molecule has 1 saturated heterocycles. The van der Waals surface area contributed by atoms with Gasteiger partial charge in [0.15, 0.2) is 0 Å². The van der Waals surface area contributed by atoms with Gasteiger partial charge in [-0.2, -0.15) is 0 Å². The fraction of sp³-hybridized carbons (Fsp3) is 0.500. The van der Waals surface area contributed by atoms with Crippen molar-refractivity contribution in [1.29, 1.82) is 0 Å². The molecule has 98 valence electrons. The van der Waals surface area contributed by atoms with Crippen LogP contribution in [0.2, 0.25) is 0 Å². The van der Waals surface area contributed by atoms with E-state index in [9.17, 15) is 9.18 Å². The largest absolute Gasteiger partial charge is 0.352 e. The second kappa shape index (κ2) is 5.96. The summed E-state index contributed by atoms with van der Waals surface area (Å²) in [5, 5.41) is 6.18. The summed E-state index contributed by atoms with van der Waals surface area (Å²) in [7, 11) is 0. The van der Waals surface area contributed by atoms with E-state index < -0.39 is 0 Å². The quantitative estimate of drug-likeness (QED) is 0.859. The highest BCUT2D eigenvalue weighted by atomic mass is 19.1. The Morgan fingerprint density at radius 1 is 1.50 bits per heavy atom. The minimum absolute atomic E-state index is 0.192. The molecule has 0 spiro atoms. The molecule has 0 bridgehead atoms. The van der Waals surface area contributed by atoms with Crippen LogP contribution in [0, 0.1) is 18.7 Å². The molecular formula is C14H19FN2O. The number of benzene rings is 1. The van der Waals surface area contributed by atoms with E-state index in [4.69, 9.17) is 0 Å². The van der Waals surface area contributed by atoms with Gasteiger partial charge in [0.1, 0.15) is 5.82 Å². The summed E-state index contributed by atoms with van der Waals surface area (Å²) in [5.41, 5.74) is 1.16. The van der Waals surface area contributed by atoms with Crippen molar-refractivity contribution in [1.82, 2.24) is 10.6 Å². The zero-order chi connectivity index (χ0) is 13.0. The first-order valence-corrected chi connectivity index (χ1v) is 6.41. The van der Waals surface area contributed by atoms with Gasteiger partial charge in [-0.15, -0.1) is 0 Å². The summed E-state index contributed by atoms with van der Waals surface area (Å²) in [5.74, 6) is -0.0694. The highest BCUT2D eigenvalue weighted by Crippen LogP contribution is 2.10. The standard InChI is InChI=1S/C14H19FN2O/c1-10-5-12(7-13(15)6-10)14(18)17-9-11-3-2-4-16-8-11/h5-7,11,16H,2-4,8-9H2,1H3,(H,17,18)/t11-/m0/s1. The first kappa shape index (κ1) is 13.0.